The Kier molecular flexibility index (Phi) is 12.3. The van der Waals surface area contributed by atoms with Gasteiger partial charge in [0.1, 0.15) is 12.6 Å². The molecule has 4 aromatic rings. The number of hydrogen-bond acceptors (Lipinski definition) is 4. The van der Waals surface area contributed by atoms with E-state index in [1.807, 2.05) is 37.3 Å². The van der Waals surface area contributed by atoms with E-state index in [2.05, 4.69) is 5.32 Å². The van der Waals surface area contributed by atoms with Crippen LogP contribution in [0.5, 0.6) is 0 Å². The predicted molar refractivity (Wildman–Crippen MR) is 181 cm³/mol. The summed E-state index contributed by atoms with van der Waals surface area (Å²) in [5.41, 5.74) is 1.68. The zero-order chi connectivity index (χ0) is 32.4. The zero-order valence-corrected chi connectivity index (χ0v) is 27.8. The lowest BCUT2D eigenvalue weighted by molar-refractivity contribution is -0.140. The molecule has 0 aromatic heterocycles. The minimum Gasteiger partial charge on any atom is -0.354 e. The predicted octanol–water partition coefficient (Wildman–Crippen LogP) is 7.40. The van der Waals surface area contributed by atoms with Crippen LogP contribution in [0.15, 0.2) is 108 Å². The summed E-state index contributed by atoms with van der Waals surface area (Å²) in [5.74, 6) is -0.938. The summed E-state index contributed by atoms with van der Waals surface area (Å²) in [6.07, 6.45) is 1.84. The van der Waals surface area contributed by atoms with Crippen molar-refractivity contribution in [3.05, 3.63) is 129 Å². The van der Waals surface area contributed by atoms with Crippen molar-refractivity contribution in [2.45, 2.75) is 43.7 Å². The molecule has 0 aliphatic carbocycles. The maximum Gasteiger partial charge on any atom is 0.264 e. The molecule has 0 radical (unpaired) electrons. The summed E-state index contributed by atoms with van der Waals surface area (Å²) in [6.45, 7) is 1.82. The van der Waals surface area contributed by atoms with Crippen LogP contribution in [0.25, 0.3) is 0 Å². The average molecular weight is 687 g/mol. The molecule has 45 heavy (non-hydrogen) atoms. The Morgan fingerprint density at radius 3 is 2.07 bits per heavy atom. The van der Waals surface area contributed by atoms with Crippen molar-refractivity contribution < 1.29 is 18.0 Å². The van der Waals surface area contributed by atoms with Crippen LogP contribution < -0.4 is 9.62 Å². The van der Waals surface area contributed by atoms with E-state index in [4.69, 9.17) is 34.8 Å². The first-order chi connectivity index (χ1) is 21.6. The summed E-state index contributed by atoms with van der Waals surface area (Å²) in [7, 11) is -4.23. The first-order valence-corrected chi connectivity index (χ1v) is 17.1. The molecule has 0 fully saturated rings. The first kappa shape index (κ1) is 34.3. The van der Waals surface area contributed by atoms with Crippen molar-refractivity contribution in [2.24, 2.45) is 0 Å². The molecule has 11 heteroatoms. The van der Waals surface area contributed by atoms with Gasteiger partial charge >= 0.3 is 0 Å². The van der Waals surface area contributed by atoms with Crippen molar-refractivity contribution in [2.75, 3.05) is 17.4 Å². The number of anilines is 1. The molecule has 7 nitrogen and oxygen atoms in total. The maximum absolute atomic E-state index is 14.5. The molecule has 4 rings (SSSR count). The Morgan fingerprint density at radius 2 is 1.44 bits per heavy atom. The Labute approximate surface area is 279 Å². The van der Waals surface area contributed by atoms with E-state index < -0.39 is 28.5 Å². The molecule has 0 spiro atoms. The highest BCUT2D eigenvalue weighted by Crippen LogP contribution is 2.27. The number of sulfonamides is 1. The standard InChI is InChI=1S/C34H34Cl3N3O4S/c1-2-3-20-38-34(42)32(21-25-10-6-4-7-11-25)39(23-26-14-15-28(36)22-31(26)37)33(41)24-40(29-12-8-5-9-13-29)45(43,44)30-18-16-27(35)17-19-30/h4-19,22,32H,2-3,20-21,23-24H2,1H3,(H,38,42). The molecule has 0 aliphatic rings. The topological polar surface area (TPSA) is 86.8 Å². The van der Waals surface area contributed by atoms with Crippen molar-refractivity contribution in [3.63, 3.8) is 0 Å². The lowest BCUT2D eigenvalue weighted by Crippen LogP contribution is -2.53. The molecule has 2 amide bonds. The highest BCUT2D eigenvalue weighted by atomic mass is 35.5. The van der Waals surface area contributed by atoms with E-state index in [1.165, 1.54) is 29.2 Å². The van der Waals surface area contributed by atoms with Crippen LogP contribution >= 0.6 is 34.8 Å². The van der Waals surface area contributed by atoms with Crippen LogP contribution in [0.1, 0.15) is 30.9 Å². The minimum absolute atomic E-state index is 0.0333. The van der Waals surface area contributed by atoms with Gasteiger partial charge in [-0.3, -0.25) is 13.9 Å². The summed E-state index contributed by atoms with van der Waals surface area (Å²) in [6, 6.07) is 27.4. The van der Waals surface area contributed by atoms with Gasteiger partial charge < -0.3 is 10.2 Å². The van der Waals surface area contributed by atoms with Crippen LogP contribution in [0.4, 0.5) is 5.69 Å². The number of benzene rings is 4. The van der Waals surface area contributed by atoms with E-state index in [0.717, 1.165) is 22.7 Å². The van der Waals surface area contributed by atoms with Crippen LogP contribution in [0.3, 0.4) is 0 Å². The number of carbonyl (C=O) groups is 2. The van der Waals surface area contributed by atoms with Gasteiger partial charge in [-0.25, -0.2) is 8.42 Å². The molecule has 0 heterocycles. The second-order valence-electron chi connectivity index (χ2n) is 10.4. The van der Waals surface area contributed by atoms with E-state index in [-0.39, 0.29) is 29.5 Å². The number of carbonyl (C=O) groups excluding carboxylic acids is 2. The van der Waals surface area contributed by atoms with Gasteiger partial charge in [-0.1, -0.05) is 103 Å². The molecule has 1 unspecified atom stereocenters. The number of unbranched alkanes of at least 4 members (excludes halogenated alkanes) is 1. The number of para-hydroxylation sites is 1. The fraction of sp³-hybridized carbons (Fsp3) is 0.235. The van der Waals surface area contributed by atoms with Crippen LogP contribution in [0.2, 0.25) is 15.1 Å². The summed E-state index contributed by atoms with van der Waals surface area (Å²) < 4.78 is 29.1. The van der Waals surface area contributed by atoms with Gasteiger partial charge in [0, 0.05) is 34.6 Å². The summed E-state index contributed by atoms with van der Waals surface area (Å²) >= 11 is 18.7. The smallest absolute Gasteiger partial charge is 0.264 e. The Bertz CT molecular complexity index is 1690. The monoisotopic (exact) mass is 685 g/mol. The van der Waals surface area contributed by atoms with Crippen LogP contribution in [-0.4, -0.2) is 44.3 Å². The Balaban J connectivity index is 1.79. The van der Waals surface area contributed by atoms with E-state index >= 15 is 0 Å². The number of amides is 2. The maximum atomic E-state index is 14.5. The third kappa shape index (κ3) is 9.23. The number of halogens is 3. The number of hydrogen-bond donors (Lipinski definition) is 1. The highest BCUT2D eigenvalue weighted by Gasteiger charge is 2.34. The van der Waals surface area contributed by atoms with Gasteiger partial charge in [0.25, 0.3) is 10.0 Å². The fourth-order valence-corrected chi connectivity index (χ4v) is 6.76. The van der Waals surface area contributed by atoms with Gasteiger partial charge in [0.2, 0.25) is 11.8 Å². The zero-order valence-electron chi connectivity index (χ0n) is 24.7. The molecular formula is C34H34Cl3N3O4S. The normalized spacial score (nSPS) is 11.9. The van der Waals surface area contributed by atoms with E-state index in [1.54, 1.807) is 48.5 Å². The lowest BCUT2D eigenvalue weighted by atomic mass is 10.0. The third-order valence-electron chi connectivity index (χ3n) is 7.18. The molecule has 0 bridgehead atoms. The fourth-order valence-electron chi connectivity index (χ4n) is 4.75. The minimum atomic E-state index is -4.23. The SMILES string of the molecule is CCCCNC(=O)C(Cc1ccccc1)N(Cc1ccc(Cl)cc1Cl)C(=O)CN(c1ccccc1)S(=O)(=O)c1ccc(Cl)cc1. The number of nitrogens with zero attached hydrogens (tertiary/aromatic N) is 2. The molecule has 1 N–H and O–H groups in total. The summed E-state index contributed by atoms with van der Waals surface area (Å²) in [4.78, 5) is 29.6. The Morgan fingerprint density at radius 1 is 0.822 bits per heavy atom. The molecule has 1 atom stereocenters. The van der Waals surface area contributed by atoms with Crippen LogP contribution in [-0.2, 0) is 32.6 Å². The van der Waals surface area contributed by atoms with Crippen molar-refractivity contribution in [3.8, 4) is 0 Å². The van der Waals surface area contributed by atoms with E-state index in [9.17, 15) is 18.0 Å². The third-order valence-corrected chi connectivity index (χ3v) is 9.81. The second-order valence-corrected chi connectivity index (χ2v) is 13.6. The first-order valence-electron chi connectivity index (χ1n) is 14.5. The molecule has 0 saturated heterocycles. The van der Waals surface area contributed by atoms with Gasteiger partial charge in [-0.2, -0.15) is 0 Å². The molecule has 4 aromatic carbocycles. The molecule has 236 valence electrons. The highest BCUT2D eigenvalue weighted by molar-refractivity contribution is 7.92. The van der Waals surface area contributed by atoms with Crippen LogP contribution in [0, 0.1) is 0 Å². The number of rotatable bonds is 14. The lowest BCUT2D eigenvalue weighted by Gasteiger charge is -2.34. The Hall–Kier alpha value is -3.56. The number of nitrogens with one attached hydrogen (secondary N) is 1. The van der Waals surface area contributed by atoms with Gasteiger partial charge in [-0.15, -0.1) is 0 Å². The average Bonchev–Trinajstić information content (AvgIpc) is 3.03. The van der Waals surface area contributed by atoms with Gasteiger partial charge in [-0.05, 0) is 66.1 Å². The summed E-state index contributed by atoms with van der Waals surface area (Å²) in [5, 5.41) is 4.08. The molecular weight excluding hydrogens is 653 g/mol. The molecule has 0 saturated carbocycles. The molecule has 0 aliphatic heterocycles. The second kappa shape index (κ2) is 16.1. The largest absolute Gasteiger partial charge is 0.354 e. The van der Waals surface area contributed by atoms with Crippen molar-refractivity contribution >= 4 is 62.3 Å². The van der Waals surface area contributed by atoms with E-state index in [0.29, 0.717) is 27.2 Å². The van der Waals surface area contributed by atoms with Crippen molar-refractivity contribution in [1.82, 2.24) is 10.2 Å². The van der Waals surface area contributed by atoms with Gasteiger partial charge in [0.05, 0.1) is 10.6 Å². The quantitative estimate of drug-likeness (QED) is 0.140. The van der Waals surface area contributed by atoms with Crippen molar-refractivity contribution in [1.29, 1.82) is 0 Å². The van der Waals surface area contributed by atoms with Gasteiger partial charge in [0.15, 0.2) is 0 Å².